The highest BCUT2D eigenvalue weighted by molar-refractivity contribution is 7.93. The Morgan fingerprint density at radius 1 is 1.14 bits per heavy atom. The minimum atomic E-state index is -5.45. The number of rotatable bonds is 2. The minimum Gasteiger partial charge on any atom is -0.459 e. The zero-order chi connectivity index (χ0) is 15.3. The third kappa shape index (κ3) is 2.37. The number of benzene rings is 1. The van der Waals surface area contributed by atoms with Gasteiger partial charge < -0.3 is 4.42 Å². The van der Waals surface area contributed by atoms with Crippen LogP contribution in [0.3, 0.4) is 0 Å². The fourth-order valence-corrected chi connectivity index (χ4v) is 3.13. The molecule has 0 saturated heterocycles. The molecule has 0 unspecified atom stereocenters. The molecular formula is C13H12F3NO3S. The lowest BCUT2D eigenvalue weighted by Crippen LogP contribution is -2.29. The predicted molar refractivity (Wildman–Crippen MR) is 71.5 cm³/mol. The number of hydrogen-bond acceptors (Lipinski definition) is 3. The van der Waals surface area contributed by atoms with Crippen molar-refractivity contribution in [2.45, 2.75) is 31.2 Å². The van der Waals surface area contributed by atoms with Crippen LogP contribution in [0.5, 0.6) is 0 Å². The first-order valence-corrected chi connectivity index (χ1v) is 7.90. The van der Waals surface area contributed by atoms with E-state index < -0.39 is 15.5 Å². The fraction of sp³-hybridized carbons (Fsp3) is 0.385. The van der Waals surface area contributed by atoms with Crippen molar-refractivity contribution < 1.29 is 26.0 Å². The van der Waals surface area contributed by atoms with Crippen LogP contribution in [0, 0.1) is 0 Å². The molecule has 1 aromatic carbocycles. The van der Waals surface area contributed by atoms with Crippen LogP contribution in [-0.4, -0.2) is 13.9 Å². The van der Waals surface area contributed by atoms with Gasteiger partial charge in [-0.25, -0.2) is 0 Å². The Bertz CT molecular complexity index is 793. The number of hydrogen-bond donors (Lipinski definition) is 1. The molecule has 4 nitrogen and oxygen atoms in total. The minimum absolute atomic E-state index is 0.164. The summed E-state index contributed by atoms with van der Waals surface area (Å²) in [7, 11) is -5.45. The maximum absolute atomic E-state index is 12.5. The van der Waals surface area contributed by atoms with Gasteiger partial charge in [-0.15, -0.1) is 0 Å². The topological polar surface area (TPSA) is 59.3 Å². The molecule has 3 rings (SSSR count). The van der Waals surface area contributed by atoms with E-state index >= 15 is 0 Å². The molecule has 0 amide bonds. The molecule has 0 bridgehead atoms. The van der Waals surface area contributed by atoms with E-state index in [0.717, 1.165) is 37.0 Å². The number of anilines is 1. The summed E-state index contributed by atoms with van der Waals surface area (Å²) in [5, 5.41) is 0.673. The zero-order valence-electron chi connectivity index (χ0n) is 10.8. The van der Waals surface area contributed by atoms with Crippen molar-refractivity contribution in [1.82, 2.24) is 0 Å². The number of alkyl halides is 3. The zero-order valence-corrected chi connectivity index (χ0v) is 11.6. The summed E-state index contributed by atoms with van der Waals surface area (Å²) >= 11 is 0. The van der Waals surface area contributed by atoms with Gasteiger partial charge in [0.15, 0.2) is 5.58 Å². The van der Waals surface area contributed by atoms with Crippen LogP contribution < -0.4 is 4.72 Å². The van der Waals surface area contributed by atoms with Gasteiger partial charge in [0.05, 0.1) is 5.69 Å². The smallest absolute Gasteiger partial charge is 0.459 e. The number of halogens is 3. The molecule has 0 aliphatic heterocycles. The van der Waals surface area contributed by atoms with Crippen molar-refractivity contribution in [2.24, 2.45) is 0 Å². The Balaban J connectivity index is 2.10. The van der Waals surface area contributed by atoms with Gasteiger partial charge in [0.25, 0.3) is 0 Å². The summed E-state index contributed by atoms with van der Waals surface area (Å²) in [6.45, 7) is 0. The largest absolute Gasteiger partial charge is 0.516 e. The maximum Gasteiger partial charge on any atom is 0.516 e. The molecule has 114 valence electrons. The second-order valence-corrected chi connectivity index (χ2v) is 6.62. The molecule has 0 fully saturated rings. The average molecular weight is 319 g/mol. The molecule has 21 heavy (non-hydrogen) atoms. The quantitative estimate of drug-likeness (QED) is 0.920. The Hall–Kier alpha value is -1.70. The molecule has 8 heteroatoms. The van der Waals surface area contributed by atoms with Crippen LogP contribution in [0.1, 0.15) is 24.2 Å². The fourth-order valence-electron chi connectivity index (χ4n) is 2.57. The van der Waals surface area contributed by atoms with Crippen LogP contribution in [-0.2, 0) is 22.9 Å². The Morgan fingerprint density at radius 3 is 2.57 bits per heavy atom. The van der Waals surface area contributed by atoms with Crippen LogP contribution in [0.2, 0.25) is 0 Å². The van der Waals surface area contributed by atoms with E-state index in [1.54, 1.807) is 10.8 Å². The highest BCUT2D eigenvalue weighted by Gasteiger charge is 2.46. The van der Waals surface area contributed by atoms with Crippen LogP contribution >= 0.6 is 0 Å². The van der Waals surface area contributed by atoms with Gasteiger partial charge in [-0.1, -0.05) is 12.1 Å². The molecule has 1 heterocycles. The molecule has 0 saturated carbocycles. The summed E-state index contributed by atoms with van der Waals surface area (Å²) in [5.74, 6) is 0.731. The van der Waals surface area contributed by atoms with Gasteiger partial charge in [-0.3, -0.25) is 4.72 Å². The lowest BCUT2D eigenvalue weighted by atomic mass is 9.96. The number of aryl methyl sites for hydroxylation is 2. The number of nitrogens with one attached hydrogen (secondary N) is 1. The SMILES string of the molecule is O=S(=O)(Nc1cccc2c3c(oc12)CCCC3)C(F)(F)F. The average Bonchev–Trinajstić information content (AvgIpc) is 2.77. The van der Waals surface area contributed by atoms with Gasteiger partial charge >= 0.3 is 15.5 Å². The molecule has 0 radical (unpaired) electrons. The van der Waals surface area contributed by atoms with Crippen LogP contribution in [0.25, 0.3) is 11.0 Å². The van der Waals surface area contributed by atoms with Crippen LogP contribution in [0.4, 0.5) is 18.9 Å². The van der Waals surface area contributed by atoms with Crippen molar-refractivity contribution >= 4 is 26.7 Å². The van der Waals surface area contributed by atoms with E-state index in [1.165, 1.54) is 12.1 Å². The maximum atomic E-state index is 12.5. The summed E-state index contributed by atoms with van der Waals surface area (Å²) in [4.78, 5) is 0. The van der Waals surface area contributed by atoms with Gasteiger partial charge in [0, 0.05) is 17.4 Å². The third-order valence-corrected chi connectivity index (χ3v) is 4.63. The highest BCUT2D eigenvalue weighted by atomic mass is 32.2. The Kier molecular flexibility index (Phi) is 3.16. The number of fused-ring (bicyclic) bond motifs is 3. The molecule has 0 spiro atoms. The number of furan rings is 1. The van der Waals surface area contributed by atoms with E-state index in [4.69, 9.17) is 4.42 Å². The third-order valence-electron chi connectivity index (χ3n) is 3.53. The summed E-state index contributed by atoms with van der Waals surface area (Å²) < 4.78 is 67.0. The first kappa shape index (κ1) is 14.2. The molecule has 1 N–H and O–H groups in total. The van der Waals surface area contributed by atoms with Crippen LogP contribution in [0.15, 0.2) is 22.6 Å². The number of para-hydroxylation sites is 1. The lowest BCUT2D eigenvalue weighted by Gasteiger charge is -2.10. The van der Waals surface area contributed by atoms with Crippen molar-refractivity contribution in [2.75, 3.05) is 4.72 Å². The Morgan fingerprint density at radius 2 is 1.86 bits per heavy atom. The van der Waals surface area contributed by atoms with Crippen molar-refractivity contribution in [1.29, 1.82) is 0 Å². The summed E-state index contributed by atoms with van der Waals surface area (Å²) in [6.07, 6.45) is 3.45. The van der Waals surface area contributed by atoms with E-state index in [2.05, 4.69) is 0 Å². The second-order valence-electron chi connectivity index (χ2n) is 4.94. The monoisotopic (exact) mass is 319 g/mol. The molecule has 1 aliphatic carbocycles. The van der Waals surface area contributed by atoms with Crippen molar-refractivity contribution in [3.05, 3.63) is 29.5 Å². The number of sulfonamides is 1. The van der Waals surface area contributed by atoms with Gasteiger partial charge in [-0.2, -0.15) is 21.6 Å². The van der Waals surface area contributed by atoms with Crippen molar-refractivity contribution in [3.63, 3.8) is 0 Å². The van der Waals surface area contributed by atoms with E-state index in [-0.39, 0.29) is 11.3 Å². The summed E-state index contributed by atoms with van der Waals surface area (Å²) in [5.41, 5.74) is -4.41. The molecule has 1 aliphatic rings. The van der Waals surface area contributed by atoms with Gasteiger partial charge in [0.1, 0.15) is 5.76 Å². The molecule has 1 aromatic heterocycles. The normalized spacial score (nSPS) is 16.0. The predicted octanol–water partition coefficient (Wildman–Crippen LogP) is 3.57. The van der Waals surface area contributed by atoms with Gasteiger partial charge in [0.2, 0.25) is 0 Å². The first-order chi connectivity index (χ1) is 9.79. The van der Waals surface area contributed by atoms with E-state index in [9.17, 15) is 21.6 Å². The summed E-state index contributed by atoms with van der Waals surface area (Å²) in [6, 6.07) is 4.51. The highest BCUT2D eigenvalue weighted by Crippen LogP contribution is 2.36. The van der Waals surface area contributed by atoms with Gasteiger partial charge in [-0.05, 0) is 25.3 Å². The molecule has 0 atom stereocenters. The second kappa shape index (κ2) is 4.66. The molecular weight excluding hydrogens is 307 g/mol. The van der Waals surface area contributed by atoms with Crippen molar-refractivity contribution in [3.8, 4) is 0 Å². The Labute approximate surface area is 119 Å². The van der Waals surface area contributed by atoms with E-state index in [0.29, 0.717) is 5.39 Å². The lowest BCUT2D eigenvalue weighted by molar-refractivity contribution is -0.0429. The molecule has 2 aromatic rings. The van der Waals surface area contributed by atoms with E-state index in [1.807, 2.05) is 0 Å². The standard InChI is InChI=1S/C13H12F3NO3S/c14-13(15,16)21(18,19)17-10-6-3-5-9-8-4-1-2-7-11(8)20-12(9)10/h3,5-6,17H,1-2,4,7H2. The first-order valence-electron chi connectivity index (χ1n) is 6.42.